The fourth-order valence-electron chi connectivity index (χ4n) is 2.87. The summed E-state index contributed by atoms with van der Waals surface area (Å²) in [5.74, 6) is -0.391. The van der Waals surface area contributed by atoms with E-state index in [-0.39, 0.29) is 23.5 Å². The molecule has 2 aliphatic rings. The van der Waals surface area contributed by atoms with Gasteiger partial charge >= 0.3 is 0 Å². The second-order valence-corrected chi connectivity index (χ2v) is 5.58. The largest absolute Gasteiger partial charge is 0.505 e. The second kappa shape index (κ2) is 4.83. The van der Waals surface area contributed by atoms with E-state index in [0.717, 1.165) is 32.2 Å². The number of carbonyl (C=O) groups is 1. The molecule has 1 N–H and O–H groups in total. The van der Waals surface area contributed by atoms with Crippen LogP contribution in [-0.4, -0.2) is 29.0 Å². The Balaban J connectivity index is 1.77. The van der Waals surface area contributed by atoms with E-state index >= 15 is 0 Å². The zero-order valence-corrected chi connectivity index (χ0v) is 10.8. The molecule has 1 aliphatic carbocycles. The van der Waals surface area contributed by atoms with E-state index in [0.29, 0.717) is 12.1 Å². The number of nitrogens with zero attached hydrogens (tertiary/aromatic N) is 1. The summed E-state index contributed by atoms with van der Waals surface area (Å²) in [6.45, 7) is 1.36. The zero-order chi connectivity index (χ0) is 13.4. The number of aromatic hydroxyl groups is 1. The third-order valence-corrected chi connectivity index (χ3v) is 4.11. The molecule has 3 nitrogen and oxygen atoms in total. The Labute approximate surface area is 112 Å². The van der Waals surface area contributed by atoms with Gasteiger partial charge in [-0.3, -0.25) is 4.79 Å². The smallest absolute Gasteiger partial charge is 0.225 e. The van der Waals surface area contributed by atoms with Crippen LogP contribution in [0, 0.1) is 11.7 Å². The van der Waals surface area contributed by atoms with Gasteiger partial charge in [-0.25, -0.2) is 4.39 Å². The molecule has 3 rings (SSSR count). The lowest BCUT2D eigenvalue weighted by Gasteiger charge is -2.33. The van der Waals surface area contributed by atoms with Crippen LogP contribution < -0.4 is 0 Å². The normalized spacial score (nSPS) is 23.4. The summed E-state index contributed by atoms with van der Waals surface area (Å²) < 4.78 is 13.9. The number of piperidine rings is 1. The quantitative estimate of drug-likeness (QED) is 0.891. The third-order valence-electron chi connectivity index (χ3n) is 4.11. The van der Waals surface area contributed by atoms with E-state index in [1.807, 2.05) is 4.90 Å². The molecule has 2 fully saturated rings. The van der Waals surface area contributed by atoms with Crippen LogP contribution in [0.3, 0.4) is 0 Å². The van der Waals surface area contributed by atoms with E-state index in [1.165, 1.54) is 6.07 Å². The van der Waals surface area contributed by atoms with Crippen molar-refractivity contribution in [3.63, 3.8) is 0 Å². The average molecular weight is 263 g/mol. The van der Waals surface area contributed by atoms with Crippen molar-refractivity contribution in [2.45, 2.75) is 31.6 Å². The standard InChI is InChI=1S/C15H18FNO2/c16-14-12(4-1-5-13(14)18)11-3-2-8-17(9-11)15(19)10-6-7-10/h1,4-5,10-11,18H,2-3,6-9H2. The Bertz CT molecular complexity index is 499. The molecule has 0 aromatic heterocycles. The molecule has 1 aromatic carbocycles. The van der Waals surface area contributed by atoms with Crippen molar-refractivity contribution < 1.29 is 14.3 Å². The van der Waals surface area contributed by atoms with Crippen molar-refractivity contribution in [1.82, 2.24) is 4.90 Å². The molecule has 1 amide bonds. The predicted molar refractivity (Wildman–Crippen MR) is 69.3 cm³/mol. The summed E-state index contributed by atoms with van der Waals surface area (Å²) >= 11 is 0. The van der Waals surface area contributed by atoms with Gasteiger partial charge < -0.3 is 10.0 Å². The topological polar surface area (TPSA) is 40.5 Å². The summed E-state index contributed by atoms with van der Waals surface area (Å²) in [6, 6.07) is 4.73. The first-order chi connectivity index (χ1) is 9.16. The van der Waals surface area contributed by atoms with Crippen LogP contribution in [0.5, 0.6) is 5.75 Å². The van der Waals surface area contributed by atoms with E-state index < -0.39 is 5.82 Å². The molecule has 1 aromatic rings. The molecule has 1 saturated heterocycles. The van der Waals surface area contributed by atoms with Gasteiger partial charge in [-0.15, -0.1) is 0 Å². The molecule has 1 heterocycles. The summed E-state index contributed by atoms with van der Waals surface area (Å²) in [5.41, 5.74) is 0.535. The van der Waals surface area contributed by atoms with Gasteiger partial charge in [0.05, 0.1) is 0 Å². The van der Waals surface area contributed by atoms with Crippen molar-refractivity contribution in [3.05, 3.63) is 29.6 Å². The first-order valence-corrected chi connectivity index (χ1v) is 6.93. The van der Waals surface area contributed by atoms with Crippen molar-refractivity contribution in [3.8, 4) is 5.75 Å². The van der Waals surface area contributed by atoms with Crippen LogP contribution in [0.1, 0.15) is 37.2 Å². The van der Waals surface area contributed by atoms with Gasteiger partial charge in [-0.2, -0.15) is 0 Å². The molecule has 1 atom stereocenters. The minimum Gasteiger partial charge on any atom is -0.505 e. The van der Waals surface area contributed by atoms with Crippen molar-refractivity contribution in [1.29, 1.82) is 0 Å². The van der Waals surface area contributed by atoms with Crippen LogP contribution >= 0.6 is 0 Å². The Kier molecular flexibility index (Phi) is 3.17. The van der Waals surface area contributed by atoms with Gasteiger partial charge in [0, 0.05) is 24.9 Å². The molecule has 102 valence electrons. The first-order valence-electron chi connectivity index (χ1n) is 6.93. The zero-order valence-electron chi connectivity index (χ0n) is 10.8. The molecule has 1 saturated carbocycles. The van der Waals surface area contributed by atoms with E-state index in [1.54, 1.807) is 12.1 Å². The van der Waals surface area contributed by atoms with Crippen LogP contribution in [-0.2, 0) is 4.79 Å². The van der Waals surface area contributed by atoms with Crippen molar-refractivity contribution >= 4 is 5.91 Å². The number of hydrogen-bond donors (Lipinski definition) is 1. The second-order valence-electron chi connectivity index (χ2n) is 5.58. The number of carbonyl (C=O) groups excluding carboxylic acids is 1. The van der Waals surface area contributed by atoms with Gasteiger partial charge in [0.2, 0.25) is 5.91 Å². The monoisotopic (exact) mass is 263 g/mol. The fourth-order valence-corrected chi connectivity index (χ4v) is 2.87. The van der Waals surface area contributed by atoms with Gasteiger partial charge in [0.1, 0.15) is 0 Å². The lowest BCUT2D eigenvalue weighted by molar-refractivity contribution is -0.133. The van der Waals surface area contributed by atoms with Gasteiger partial charge in [-0.05, 0) is 37.3 Å². The Morgan fingerprint density at radius 2 is 2.11 bits per heavy atom. The van der Waals surface area contributed by atoms with Crippen LogP contribution in [0.2, 0.25) is 0 Å². The molecule has 19 heavy (non-hydrogen) atoms. The van der Waals surface area contributed by atoms with E-state index in [2.05, 4.69) is 0 Å². The summed E-state index contributed by atoms with van der Waals surface area (Å²) in [5, 5.41) is 9.45. The Hall–Kier alpha value is -1.58. The van der Waals surface area contributed by atoms with Crippen LogP contribution in [0.15, 0.2) is 18.2 Å². The highest BCUT2D eigenvalue weighted by atomic mass is 19.1. The summed E-state index contributed by atoms with van der Waals surface area (Å²) in [7, 11) is 0. The van der Waals surface area contributed by atoms with Gasteiger partial charge in [0.15, 0.2) is 11.6 Å². The summed E-state index contributed by atoms with van der Waals surface area (Å²) in [4.78, 5) is 13.9. The van der Waals surface area contributed by atoms with Crippen LogP contribution in [0.4, 0.5) is 4.39 Å². The Morgan fingerprint density at radius 3 is 2.84 bits per heavy atom. The highest BCUT2D eigenvalue weighted by Crippen LogP contribution is 2.35. The lowest BCUT2D eigenvalue weighted by Crippen LogP contribution is -2.40. The maximum atomic E-state index is 13.9. The summed E-state index contributed by atoms with van der Waals surface area (Å²) in [6.07, 6.45) is 3.77. The molecule has 1 unspecified atom stereocenters. The minimum atomic E-state index is -0.534. The van der Waals surface area contributed by atoms with E-state index in [4.69, 9.17) is 0 Å². The maximum Gasteiger partial charge on any atom is 0.225 e. The highest BCUT2D eigenvalue weighted by Gasteiger charge is 2.36. The first kappa shape index (κ1) is 12.5. The number of halogens is 1. The van der Waals surface area contributed by atoms with E-state index in [9.17, 15) is 14.3 Å². The van der Waals surface area contributed by atoms with Gasteiger partial charge in [0.25, 0.3) is 0 Å². The number of phenols is 1. The Morgan fingerprint density at radius 1 is 1.32 bits per heavy atom. The van der Waals surface area contributed by atoms with Crippen molar-refractivity contribution in [2.24, 2.45) is 5.92 Å². The highest BCUT2D eigenvalue weighted by molar-refractivity contribution is 5.81. The van der Waals surface area contributed by atoms with Crippen LogP contribution in [0.25, 0.3) is 0 Å². The fraction of sp³-hybridized carbons (Fsp3) is 0.533. The number of likely N-dealkylation sites (tertiary alicyclic amines) is 1. The molecule has 0 bridgehead atoms. The minimum absolute atomic E-state index is 0.00329. The molecule has 1 aliphatic heterocycles. The number of hydrogen-bond acceptors (Lipinski definition) is 2. The molecule has 0 spiro atoms. The molecular formula is C15H18FNO2. The molecular weight excluding hydrogens is 245 g/mol. The average Bonchev–Trinajstić information content (AvgIpc) is 3.26. The number of benzene rings is 1. The number of amides is 1. The third kappa shape index (κ3) is 2.44. The van der Waals surface area contributed by atoms with Crippen molar-refractivity contribution in [2.75, 3.05) is 13.1 Å². The SMILES string of the molecule is O=C(C1CC1)N1CCCC(c2cccc(O)c2F)C1. The maximum absolute atomic E-state index is 13.9. The number of rotatable bonds is 2. The number of phenolic OH excluding ortho intramolecular Hbond substituents is 1. The lowest BCUT2D eigenvalue weighted by atomic mass is 9.90. The molecule has 0 radical (unpaired) electrons. The van der Waals surface area contributed by atoms with Gasteiger partial charge in [-0.1, -0.05) is 12.1 Å². The predicted octanol–water partition coefficient (Wildman–Crippen LogP) is 2.65. The molecule has 4 heteroatoms.